The van der Waals surface area contributed by atoms with Crippen LogP contribution >= 0.6 is 11.8 Å². The third-order valence-electron chi connectivity index (χ3n) is 4.50. The number of carbonyl (C=O) groups excluding carboxylic acids is 1. The monoisotopic (exact) mass is 354 g/mol. The highest BCUT2D eigenvalue weighted by molar-refractivity contribution is 7.99. The lowest BCUT2D eigenvalue weighted by Crippen LogP contribution is -2.49. The molecule has 0 saturated carbocycles. The molecule has 2 aromatic carbocycles. The second-order valence-corrected chi connectivity index (χ2v) is 8.41. The van der Waals surface area contributed by atoms with Crippen LogP contribution in [-0.2, 0) is 0 Å². The van der Waals surface area contributed by atoms with E-state index in [-0.39, 0.29) is 5.91 Å². The van der Waals surface area contributed by atoms with Gasteiger partial charge in [-0.05, 0) is 42.8 Å². The summed E-state index contributed by atoms with van der Waals surface area (Å²) in [4.78, 5) is 18.3. The van der Waals surface area contributed by atoms with Crippen molar-refractivity contribution in [1.29, 1.82) is 0 Å². The van der Waals surface area contributed by atoms with E-state index in [4.69, 9.17) is 0 Å². The topological polar surface area (TPSA) is 23.6 Å². The van der Waals surface area contributed by atoms with Crippen molar-refractivity contribution in [2.24, 2.45) is 0 Å². The van der Waals surface area contributed by atoms with E-state index in [9.17, 15) is 4.79 Å². The molecule has 0 unspecified atom stereocenters. The minimum Gasteiger partial charge on any atom is -0.368 e. The molecule has 0 bridgehead atoms. The number of thioether (sulfide) groups is 1. The molecule has 3 nitrogen and oxygen atoms in total. The van der Waals surface area contributed by atoms with Crippen LogP contribution in [0.2, 0.25) is 0 Å². The van der Waals surface area contributed by atoms with Crippen LogP contribution in [0.25, 0.3) is 0 Å². The number of amides is 1. The fourth-order valence-corrected chi connectivity index (χ4v) is 4.04. The summed E-state index contributed by atoms with van der Waals surface area (Å²) in [5, 5.41) is 0.552. The number of anilines is 1. The smallest absolute Gasteiger partial charge is 0.253 e. The molecule has 0 atom stereocenters. The molecule has 1 saturated heterocycles. The highest BCUT2D eigenvalue weighted by atomic mass is 32.2. The predicted molar refractivity (Wildman–Crippen MR) is 107 cm³/mol. The summed E-state index contributed by atoms with van der Waals surface area (Å²) in [6.07, 6.45) is 0. The Bertz CT molecular complexity index is 719. The van der Waals surface area contributed by atoms with Gasteiger partial charge in [0.25, 0.3) is 5.91 Å². The van der Waals surface area contributed by atoms with Crippen LogP contribution in [0.4, 0.5) is 5.69 Å². The first kappa shape index (κ1) is 17.9. The number of para-hydroxylation sites is 1. The number of hydrogen-bond acceptors (Lipinski definition) is 3. The van der Waals surface area contributed by atoms with E-state index in [0.717, 1.165) is 31.7 Å². The van der Waals surface area contributed by atoms with Gasteiger partial charge < -0.3 is 9.80 Å². The number of benzene rings is 2. The zero-order valence-electron chi connectivity index (χ0n) is 15.2. The number of rotatable bonds is 4. The van der Waals surface area contributed by atoms with Gasteiger partial charge in [-0.15, -0.1) is 11.8 Å². The summed E-state index contributed by atoms with van der Waals surface area (Å²) in [5.74, 6) is 0.144. The summed E-state index contributed by atoms with van der Waals surface area (Å²) < 4.78 is 0. The molecule has 0 spiro atoms. The second kappa shape index (κ2) is 7.96. The highest BCUT2D eigenvalue weighted by Crippen LogP contribution is 2.24. The van der Waals surface area contributed by atoms with Crippen LogP contribution in [-0.4, -0.2) is 42.2 Å². The summed E-state index contributed by atoms with van der Waals surface area (Å²) in [6, 6.07) is 16.5. The summed E-state index contributed by atoms with van der Waals surface area (Å²) in [5.41, 5.74) is 3.36. The van der Waals surface area contributed by atoms with Gasteiger partial charge in [0.15, 0.2) is 0 Å². The number of aryl methyl sites for hydroxylation is 1. The Morgan fingerprint density at radius 1 is 0.960 bits per heavy atom. The molecule has 3 rings (SSSR count). The van der Waals surface area contributed by atoms with Gasteiger partial charge in [0.1, 0.15) is 0 Å². The maximum absolute atomic E-state index is 12.7. The van der Waals surface area contributed by atoms with Gasteiger partial charge in [-0.2, -0.15) is 0 Å². The Morgan fingerprint density at radius 2 is 1.60 bits per heavy atom. The maximum Gasteiger partial charge on any atom is 0.253 e. The average molecular weight is 355 g/mol. The summed E-state index contributed by atoms with van der Waals surface area (Å²) in [7, 11) is 0. The van der Waals surface area contributed by atoms with Crippen LogP contribution in [0.15, 0.2) is 53.4 Å². The van der Waals surface area contributed by atoms with Crippen molar-refractivity contribution in [2.75, 3.05) is 31.1 Å². The van der Waals surface area contributed by atoms with Gasteiger partial charge in [-0.25, -0.2) is 0 Å². The van der Waals surface area contributed by atoms with Gasteiger partial charge in [0.2, 0.25) is 0 Å². The number of piperazine rings is 1. The van der Waals surface area contributed by atoms with Gasteiger partial charge >= 0.3 is 0 Å². The van der Waals surface area contributed by atoms with Gasteiger partial charge in [-0.1, -0.05) is 32.0 Å². The Labute approximate surface area is 155 Å². The SMILES string of the molecule is Cc1ccccc1N1CCN(C(=O)c2ccc(SC(C)C)cc2)CC1. The molecule has 2 aromatic rings. The zero-order valence-corrected chi connectivity index (χ0v) is 16.1. The summed E-state index contributed by atoms with van der Waals surface area (Å²) in [6.45, 7) is 9.82. The molecular formula is C21H26N2OS. The molecular weight excluding hydrogens is 328 g/mol. The van der Waals surface area contributed by atoms with Crippen LogP contribution in [0, 0.1) is 6.92 Å². The molecule has 0 radical (unpaired) electrons. The zero-order chi connectivity index (χ0) is 17.8. The van der Waals surface area contributed by atoms with Crippen molar-refractivity contribution in [3.63, 3.8) is 0 Å². The van der Waals surface area contributed by atoms with Crippen molar-refractivity contribution in [3.8, 4) is 0 Å². The number of hydrogen-bond donors (Lipinski definition) is 0. The van der Waals surface area contributed by atoms with Crippen molar-refractivity contribution < 1.29 is 4.79 Å². The second-order valence-electron chi connectivity index (χ2n) is 6.76. The van der Waals surface area contributed by atoms with Crippen molar-refractivity contribution >= 4 is 23.4 Å². The molecule has 4 heteroatoms. The van der Waals surface area contributed by atoms with E-state index >= 15 is 0 Å². The van der Waals surface area contributed by atoms with Crippen molar-refractivity contribution in [2.45, 2.75) is 30.9 Å². The molecule has 0 N–H and O–H groups in total. The van der Waals surface area contributed by atoms with Crippen molar-refractivity contribution in [1.82, 2.24) is 4.90 Å². The third-order valence-corrected chi connectivity index (χ3v) is 5.51. The van der Waals surface area contributed by atoms with Crippen molar-refractivity contribution in [3.05, 3.63) is 59.7 Å². The maximum atomic E-state index is 12.7. The minimum absolute atomic E-state index is 0.144. The van der Waals surface area contributed by atoms with E-state index in [1.54, 1.807) is 0 Å². The molecule has 1 aliphatic rings. The Morgan fingerprint density at radius 3 is 2.20 bits per heavy atom. The molecule has 1 amide bonds. The molecule has 1 aliphatic heterocycles. The minimum atomic E-state index is 0.144. The lowest BCUT2D eigenvalue weighted by molar-refractivity contribution is 0.0746. The molecule has 1 fully saturated rings. The van der Waals surface area contributed by atoms with Gasteiger partial charge in [0, 0.05) is 47.6 Å². The number of nitrogens with zero attached hydrogens (tertiary/aromatic N) is 2. The van der Waals surface area contributed by atoms with E-state index in [1.165, 1.54) is 16.1 Å². The normalized spacial score (nSPS) is 14.9. The Balaban J connectivity index is 1.61. The highest BCUT2D eigenvalue weighted by Gasteiger charge is 2.22. The first-order chi connectivity index (χ1) is 12.0. The Hall–Kier alpha value is -1.94. The van der Waals surface area contributed by atoms with E-state index in [1.807, 2.05) is 28.8 Å². The fourth-order valence-electron chi connectivity index (χ4n) is 3.20. The lowest BCUT2D eigenvalue weighted by atomic mass is 10.1. The summed E-state index contributed by atoms with van der Waals surface area (Å²) >= 11 is 1.82. The third kappa shape index (κ3) is 4.37. The number of carbonyl (C=O) groups is 1. The molecule has 1 heterocycles. The van der Waals surface area contributed by atoms with Crippen LogP contribution in [0.1, 0.15) is 29.8 Å². The largest absolute Gasteiger partial charge is 0.368 e. The van der Waals surface area contributed by atoms with Crippen LogP contribution < -0.4 is 4.90 Å². The van der Waals surface area contributed by atoms with E-state index in [2.05, 4.69) is 62.1 Å². The molecule has 0 aliphatic carbocycles. The fraction of sp³-hybridized carbons (Fsp3) is 0.381. The molecule has 0 aromatic heterocycles. The van der Waals surface area contributed by atoms with E-state index in [0.29, 0.717) is 5.25 Å². The molecule has 132 valence electrons. The first-order valence-corrected chi connectivity index (χ1v) is 9.79. The van der Waals surface area contributed by atoms with Gasteiger partial charge in [-0.3, -0.25) is 4.79 Å². The van der Waals surface area contributed by atoms with E-state index < -0.39 is 0 Å². The van der Waals surface area contributed by atoms with Crippen LogP contribution in [0.3, 0.4) is 0 Å². The quantitative estimate of drug-likeness (QED) is 0.758. The lowest BCUT2D eigenvalue weighted by Gasteiger charge is -2.36. The first-order valence-electron chi connectivity index (χ1n) is 8.91. The predicted octanol–water partition coefficient (Wildman–Crippen LogP) is 4.46. The van der Waals surface area contributed by atoms with Crippen LogP contribution in [0.5, 0.6) is 0 Å². The Kier molecular flexibility index (Phi) is 5.69. The molecule has 25 heavy (non-hydrogen) atoms. The average Bonchev–Trinajstić information content (AvgIpc) is 2.62. The standard InChI is InChI=1S/C21H26N2OS/c1-16(2)25-19-10-8-18(9-11-19)21(24)23-14-12-22(13-15-23)20-7-5-4-6-17(20)3/h4-11,16H,12-15H2,1-3H3. The van der Waals surface area contributed by atoms with Gasteiger partial charge in [0.05, 0.1) is 0 Å².